The van der Waals surface area contributed by atoms with E-state index in [4.69, 9.17) is 5.73 Å². The molecule has 1 amide bonds. The Morgan fingerprint density at radius 2 is 2.23 bits per heavy atom. The molecule has 0 aliphatic carbocycles. The standard InChI is InChI=1S/C23H25N5O2/c1-5-17-14-26-20(24)19(15(17)2)27-21(25-3)18-8-6-7-16(13-18)9-10-23(30)11-12-28(4)22(23)29/h6-8,13-14,30H,3,5,11-12H2,1-2,4H3,(H2,24,26). The van der Waals surface area contributed by atoms with Crippen LogP contribution in [0, 0.1) is 18.8 Å². The molecular formula is C23H25N5O2. The molecule has 1 saturated heterocycles. The minimum Gasteiger partial charge on any atom is -0.382 e. The second kappa shape index (κ2) is 8.47. The predicted octanol–water partition coefficient (Wildman–Crippen LogP) is 2.26. The van der Waals surface area contributed by atoms with Gasteiger partial charge in [-0.1, -0.05) is 30.9 Å². The summed E-state index contributed by atoms with van der Waals surface area (Å²) in [5, 5.41) is 10.5. The zero-order valence-corrected chi connectivity index (χ0v) is 17.4. The predicted molar refractivity (Wildman–Crippen MR) is 119 cm³/mol. The van der Waals surface area contributed by atoms with Crippen molar-refractivity contribution < 1.29 is 9.90 Å². The van der Waals surface area contributed by atoms with Gasteiger partial charge in [-0.15, -0.1) is 0 Å². The van der Waals surface area contributed by atoms with Gasteiger partial charge in [0.05, 0.1) is 0 Å². The number of aliphatic hydroxyl groups is 1. The summed E-state index contributed by atoms with van der Waals surface area (Å²) in [4.78, 5) is 26.5. The number of nitrogens with zero attached hydrogens (tertiary/aromatic N) is 4. The molecule has 1 fully saturated rings. The number of carbonyl (C=O) groups is 1. The lowest BCUT2D eigenvalue weighted by atomic mass is 10.0. The van der Waals surface area contributed by atoms with Crippen molar-refractivity contribution in [2.75, 3.05) is 19.3 Å². The molecule has 1 aliphatic heterocycles. The number of likely N-dealkylation sites (N-methyl/N-ethyl adjacent to an activating group) is 1. The molecule has 154 valence electrons. The lowest BCUT2D eigenvalue weighted by molar-refractivity contribution is -0.137. The van der Waals surface area contributed by atoms with Gasteiger partial charge >= 0.3 is 0 Å². The Morgan fingerprint density at radius 3 is 2.87 bits per heavy atom. The van der Waals surface area contributed by atoms with Crippen molar-refractivity contribution in [1.29, 1.82) is 0 Å². The van der Waals surface area contributed by atoms with Gasteiger partial charge < -0.3 is 15.7 Å². The number of rotatable bonds is 3. The topological polar surface area (TPSA) is 104 Å². The Balaban J connectivity index is 1.98. The summed E-state index contributed by atoms with van der Waals surface area (Å²) in [5.74, 6) is 5.96. The molecule has 0 bridgehead atoms. The summed E-state index contributed by atoms with van der Waals surface area (Å²) in [6.45, 7) is 8.11. The van der Waals surface area contributed by atoms with Crippen LogP contribution in [0.15, 0.2) is 40.4 Å². The molecule has 2 aromatic rings. The van der Waals surface area contributed by atoms with E-state index < -0.39 is 5.60 Å². The molecule has 0 saturated carbocycles. The fourth-order valence-electron chi connectivity index (χ4n) is 3.33. The van der Waals surface area contributed by atoms with E-state index in [1.54, 1.807) is 25.4 Å². The van der Waals surface area contributed by atoms with Gasteiger partial charge in [-0.25, -0.2) is 15.0 Å². The number of benzene rings is 1. The number of nitrogens with two attached hydrogens (primary N) is 1. The molecule has 1 aliphatic rings. The first-order valence-corrected chi connectivity index (χ1v) is 9.70. The van der Waals surface area contributed by atoms with Crippen LogP contribution in [0.3, 0.4) is 0 Å². The smallest absolute Gasteiger partial charge is 0.267 e. The van der Waals surface area contributed by atoms with Crippen LogP contribution < -0.4 is 5.73 Å². The molecule has 30 heavy (non-hydrogen) atoms. The number of carbonyl (C=O) groups excluding carboxylic acids is 1. The molecule has 3 rings (SSSR count). The lowest BCUT2D eigenvalue weighted by Gasteiger charge is -2.13. The van der Waals surface area contributed by atoms with Crippen molar-refractivity contribution in [2.45, 2.75) is 32.3 Å². The van der Waals surface area contributed by atoms with Crippen LogP contribution in [0.25, 0.3) is 0 Å². The highest BCUT2D eigenvalue weighted by atomic mass is 16.3. The van der Waals surface area contributed by atoms with Crippen LogP contribution in [-0.4, -0.2) is 52.6 Å². The quantitative estimate of drug-likeness (QED) is 0.466. The number of aryl methyl sites for hydroxylation is 1. The lowest BCUT2D eigenvalue weighted by Crippen LogP contribution is -2.37. The first-order chi connectivity index (χ1) is 14.3. The highest BCUT2D eigenvalue weighted by Gasteiger charge is 2.42. The van der Waals surface area contributed by atoms with Gasteiger partial charge in [0.25, 0.3) is 5.91 Å². The first-order valence-electron chi connectivity index (χ1n) is 9.70. The number of hydrogen-bond acceptors (Lipinski definition) is 5. The molecule has 1 atom stereocenters. The Morgan fingerprint density at radius 1 is 1.47 bits per heavy atom. The Bertz CT molecular complexity index is 1100. The molecule has 1 aromatic carbocycles. The van der Waals surface area contributed by atoms with E-state index in [1.807, 2.05) is 26.0 Å². The zero-order valence-electron chi connectivity index (χ0n) is 17.4. The molecule has 0 spiro atoms. The van der Waals surface area contributed by atoms with Crippen LogP contribution in [0.5, 0.6) is 0 Å². The van der Waals surface area contributed by atoms with Gasteiger partial charge in [-0.2, -0.15) is 0 Å². The average Bonchev–Trinajstić information content (AvgIpc) is 3.00. The summed E-state index contributed by atoms with van der Waals surface area (Å²) >= 11 is 0. The van der Waals surface area contributed by atoms with Crippen molar-refractivity contribution in [2.24, 2.45) is 9.98 Å². The van der Waals surface area contributed by atoms with Gasteiger partial charge in [-0.05, 0) is 43.3 Å². The maximum absolute atomic E-state index is 12.1. The van der Waals surface area contributed by atoms with E-state index in [1.165, 1.54) is 4.90 Å². The van der Waals surface area contributed by atoms with Gasteiger partial charge in [0.15, 0.2) is 5.84 Å². The molecular weight excluding hydrogens is 378 g/mol. The van der Waals surface area contributed by atoms with Crippen LogP contribution in [0.4, 0.5) is 11.5 Å². The fraction of sp³-hybridized carbons (Fsp3) is 0.304. The van der Waals surface area contributed by atoms with Crippen molar-refractivity contribution in [3.8, 4) is 11.8 Å². The number of nitrogen functional groups attached to an aromatic ring is 1. The Kier molecular flexibility index (Phi) is 5.99. The number of anilines is 1. The van der Waals surface area contributed by atoms with E-state index >= 15 is 0 Å². The zero-order chi connectivity index (χ0) is 21.9. The normalized spacial score (nSPS) is 18.9. The average molecular weight is 403 g/mol. The van der Waals surface area contributed by atoms with Gasteiger partial charge in [0, 0.05) is 37.3 Å². The van der Waals surface area contributed by atoms with E-state index in [0.717, 1.165) is 17.5 Å². The van der Waals surface area contributed by atoms with Crippen molar-refractivity contribution in [3.63, 3.8) is 0 Å². The molecule has 1 unspecified atom stereocenters. The molecule has 7 nitrogen and oxygen atoms in total. The van der Waals surface area contributed by atoms with Crippen LogP contribution in [-0.2, 0) is 11.2 Å². The Labute approximate surface area is 176 Å². The van der Waals surface area contributed by atoms with Crippen LogP contribution >= 0.6 is 0 Å². The largest absolute Gasteiger partial charge is 0.382 e. The number of aromatic nitrogens is 1. The second-order valence-electron chi connectivity index (χ2n) is 7.26. The number of likely N-dealkylation sites (tertiary alicyclic amines) is 1. The number of aliphatic imine (C=N–C) groups is 2. The summed E-state index contributed by atoms with van der Waals surface area (Å²) < 4.78 is 0. The molecule has 0 radical (unpaired) electrons. The molecule has 3 N–H and O–H groups in total. The highest BCUT2D eigenvalue weighted by molar-refractivity contribution is 6.03. The van der Waals surface area contributed by atoms with E-state index in [9.17, 15) is 9.90 Å². The minimum atomic E-state index is -1.64. The van der Waals surface area contributed by atoms with Crippen molar-refractivity contribution >= 4 is 30.0 Å². The van der Waals surface area contributed by atoms with Crippen LogP contribution in [0.2, 0.25) is 0 Å². The Hall–Kier alpha value is -3.50. The SMILES string of the molecule is C=NC(=Nc1c(N)ncc(CC)c1C)c1cccc(C#CC2(O)CCN(C)C2=O)c1. The summed E-state index contributed by atoms with van der Waals surface area (Å²) in [6, 6.07) is 7.23. The summed E-state index contributed by atoms with van der Waals surface area (Å²) in [6.07, 6.45) is 2.86. The van der Waals surface area contributed by atoms with Gasteiger partial charge in [0.2, 0.25) is 5.60 Å². The third kappa shape index (κ3) is 4.09. The molecule has 7 heteroatoms. The maximum atomic E-state index is 12.1. The first kappa shape index (κ1) is 21.2. The highest BCUT2D eigenvalue weighted by Crippen LogP contribution is 2.28. The fourth-order valence-corrected chi connectivity index (χ4v) is 3.33. The number of pyridine rings is 1. The second-order valence-corrected chi connectivity index (χ2v) is 7.26. The number of amidine groups is 1. The van der Waals surface area contributed by atoms with Gasteiger partial charge in [-0.3, -0.25) is 4.79 Å². The monoisotopic (exact) mass is 403 g/mol. The van der Waals surface area contributed by atoms with E-state index in [-0.39, 0.29) is 12.3 Å². The van der Waals surface area contributed by atoms with Gasteiger partial charge in [0.1, 0.15) is 11.5 Å². The minimum absolute atomic E-state index is 0.287. The third-order valence-electron chi connectivity index (χ3n) is 5.23. The molecule has 1 aromatic heterocycles. The molecule has 2 heterocycles. The summed E-state index contributed by atoms with van der Waals surface area (Å²) in [5.41, 5.74) is 8.31. The number of hydrogen-bond donors (Lipinski definition) is 2. The van der Waals surface area contributed by atoms with E-state index in [2.05, 4.69) is 33.5 Å². The summed E-state index contributed by atoms with van der Waals surface area (Å²) in [7, 11) is 1.65. The van der Waals surface area contributed by atoms with Crippen molar-refractivity contribution in [1.82, 2.24) is 9.88 Å². The maximum Gasteiger partial charge on any atom is 0.267 e. The third-order valence-corrected chi connectivity index (χ3v) is 5.23. The van der Waals surface area contributed by atoms with Crippen LogP contribution in [0.1, 0.15) is 35.6 Å². The van der Waals surface area contributed by atoms with E-state index in [0.29, 0.717) is 35.0 Å². The van der Waals surface area contributed by atoms with Crippen molar-refractivity contribution in [3.05, 3.63) is 52.7 Å². The number of amides is 1.